The second-order valence-corrected chi connectivity index (χ2v) is 5.24. The maximum absolute atomic E-state index is 12.2. The second-order valence-electron chi connectivity index (χ2n) is 4.83. The van der Waals surface area contributed by atoms with E-state index >= 15 is 0 Å². The smallest absolute Gasteiger partial charge is 0.251 e. The van der Waals surface area contributed by atoms with Crippen molar-refractivity contribution in [3.05, 3.63) is 64.2 Å². The molecule has 0 radical (unpaired) electrons. The topological polar surface area (TPSA) is 55.1 Å². The van der Waals surface area contributed by atoms with Crippen molar-refractivity contribution in [2.24, 2.45) is 0 Å². The molecule has 4 heteroatoms. The first kappa shape index (κ1) is 14.4. The summed E-state index contributed by atoms with van der Waals surface area (Å²) in [6, 6.07) is 12.6. The molecule has 104 valence electrons. The Morgan fingerprint density at radius 3 is 2.65 bits per heavy atom. The van der Waals surface area contributed by atoms with E-state index in [-0.39, 0.29) is 11.9 Å². The van der Waals surface area contributed by atoms with Crippen molar-refractivity contribution in [1.29, 1.82) is 0 Å². The van der Waals surface area contributed by atoms with Crippen LogP contribution in [0.5, 0.6) is 0 Å². The van der Waals surface area contributed by atoms with Gasteiger partial charge in [0, 0.05) is 16.3 Å². The first-order valence-electron chi connectivity index (χ1n) is 6.40. The van der Waals surface area contributed by atoms with Crippen LogP contribution in [0.2, 0.25) is 5.02 Å². The lowest BCUT2D eigenvalue weighted by Gasteiger charge is -2.15. The molecule has 0 aliphatic rings. The Morgan fingerprint density at radius 1 is 1.25 bits per heavy atom. The van der Waals surface area contributed by atoms with Gasteiger partial charge in [-0.15, -0.1) is 0 Å². The molecule has 0 heterocycles. The fourth-order valence-electron chi connectivity index (χ4n) is 1.93. The molecule has 2 aromatic rings. The van der Waals surface area contributed by atoms with Gasteiger partial charge in [-0.05, 0) is 49.2 Å². The van der Waals surface area contributed by atoms with Gasteiger partial charge < -0.3 is 11.1 Å². The van der Waals surface area contributed by atoms with Crippen LogP contribution in [0.4, 0.5) is 5.69 Å². The molecule has 1 amide bonds. The van der Waals surface area contributed by atoms with Gasteiger partial charge in [0.1, 0.15) is 0 Å². The minimum Gasteiger partial charge on any atom is -0.399 e. The van der Waals surface area contributed by atoms with Gasteiger partial charge in [0.05, 0.1) is 6.04 Å². The number of halogens is 1. The SMILES string of the molecule is Cc1ccc(C(=O)NC(C)c2cccc(N)c2)cc1Cl. The van der Waals surface area contributed by atoms with Crippen molar-refractivity contribution < 1.29 is 4.79 Å². The van der Waals surface area contributed by atoms with Gasteiger partial charge in [0.15, 0.2) is 0 Å². The highest BCUT2D eigenvalue weighted by Crippen LogP contribution is 2.19. The largest absolute Gasteiger partial charge is 0.399 e. The van der Waals surface area contributed by atoms with Gasteiger partial charge in [-0.3, -0.25) is 4.79 Å². The molecular formula is C16H17ClN2O. The van der Waals surface area contributed by atoms with E-state index in [0.29, 0.717) is 16.3 Å². The molecule has 0 bridgehead atoms. The molecule has 3 N–H and O–H groups in total. The third kappa shape index (κ3) is 3.31. The Balaban J connectivity index is 2.13. The quantitative estimate of drug-likeness (QED) is 0.846. The maximum atomic E-state index is 12.2. The summed E-state index contributed by atoms with van der Waals surface area (Å²) in [7, 11) is 0. The minimum atomic E-state index is -0.151. The Bertz CT molecular complexity index is 640. The standard InChI is InChI=1S/C16H17ClN2O/c1-10-6-7-13(9-15(10)17)16(20)19-11(2)12-4-3-5-14(18)8-12/h3-9,11H,18H2,1-2H3,(H,19,20). The van der Waals surface area contributed by atoms with Gasteiger partial charge in [0.25, 0.3) is 5.91 Å². The Kier molecular flexibility index (Phi) is 4.30. The number of aryl methyl sites for hydroxylation is 1. The zero-order chi connectivity index (χ0) is 14.7. The molecule has 2 rings (SSSR count). The summed E-state index contributed by atoms with van der Waals surface area (Å²) >= 11 is 6.04. The number of anilines is 1. The monoisotopic (exact) mass is 288 g/mol. The molecule has 0 saturated carbocycles. The van der Waals surface area contributed by atoms with E-state index in [4.69, 9.17) is 17.3 Å². The number of carbonyl (C=O) groups excluding carboxylic acids is 1. The molecule has 1 atom stereocenters. The van der Waals surface area contributed by atoms with Crippen LogP contribution in [-0.2, 0) is 0 Å². The average Bonchev–Trinajstić information content (AvgIpc) is 2.41. The Labute approximate surface area is 123 Å². The summed E-state index contributed by atoms with van der Waals surface area (Å²) < 4.78 is 0. The highest BCUT2D eigenvalue weighted by Gasteiger charge is 2.12. The Morgan fingerprint density at radius 2 is 2.00 bits per heavy atom. The molecule has 0 aromatic heterocycles. The van der Waals surface area contributed by atoms with Crippen LogP contribution in [-0.4, -0.2) is 5.91 Å². The van der Waals surface area contributed by atoms with Gasteiger partial charge in [-0.25, -0.2) is 0 Å². The van der Waals surface area contributed by atoms with Gasteiger partial charge >= 0.3 is 0 Å². The van der Waals surface area contributed by atoms with Crippen molar-refractivity contribution in [2.75, 3.05) is 5.73 Å². The number of nitrogens with one attached hydrogen (secondary N) is 1. The van der Waals surface area contributed by atoms with E-state index < -0.39 is 0 Å². The molecule has 20 heavy (non-hydrogen) atoms. The van der Waals surface area contributed by atoms with Crippen LogP contribution in [0, 0.1) is 6.92 Å². The normalized spacial score (nSPS) is 11.9. The van der Waals surface area contributed by atoms with E-state index in [9.17, 15) is 4.79 Å². The fourth-order valence-corrected chi connectivity index (χ4v) is 2.11. The third-order valence-electron chi connectivity index (χ3n) is 3.19. The molecule has 1 unspecified atom stereocenters. The molecule has 0 aliphatic heterocycles. The van der Waals surface area contributed by atoms with Crippen LogP contribution in [0.3, 0.4) is 0 Å². The lowest BCUT2D eigenvalue weighted by molar-refractivity contribution is 0.0940. The first-order valence-corrected chi connectivity index (χ1v) is 6.77. The van der Waals surface area contributed by atoms with Crippen molar-refractivity contribution in [3.63, 3.8) is 0 Å². The average molecular weight is 289 g/mol. The zero-order valence-corrected chi connectivity index (χ0v) is 12.2. The summed E-state index contributed by atoms with van der Waals surface area (Å²) in [6.45, 7) is 3.82. The number of hydrogen-bond donors (Lipinski definition) is 2. The van der Waals surface area contributed by atoms with Gasteiger partial charge in [0.2, 0.25) is 0 Å². The van der Waals surface area contributed by atoms with Crippen LogP contribution in [0.1, 0.15) is 34.5 Å². The van der Waals surface area contributed by atoms with E-state index in [0.717, 1.165) is 11.1 Å². The van der Waals surface area contributed by atoms with Crippen molar-refractivity contribution in [3.8, 4) is 0 Å². The predicted octanol–water partition coefficient (Wildman–Crippen LogP) is 3.72. The number of carbonyl (C=O) groups is 1. The summed E-state index contributed by atoms with van der Waals surface area (Å²) in [5, 5.41) is 3.53. The highest BCUT2D eigenvalue weighted by atomic mass is 35.5. The maximum Gasteiger partial charge on any atom is 0.251 e. The number of benzene rings is 2. The summed E-state index contributed by atoms with van der Waals surface area (Å²) in [4.78, 5) is 12.2. The third-order valence-corrected chi connectivity index (χ3v) is 3.60. The van der Waals surface area contributed by atoms with Crippen molar-refractivity contribution >= 4 is 23.2 Å². The van der Waals surface area contributed by atoms with Gasteiger partial charge in [-0.2, -0.15) is 0 Å². The summed E-state index contributed by atoms with van der Waals surface area (Å²) in [5.74, 6) is -0.151. The number of hydrogen-bond acceptors (Lipinski definition) is 2. The van der Waals surface area contributed by atoms with Crippen LogP contribution >= 0.6 is 11.6 Å². The molecule has 0 saturated heterocycles. The number of rotatable bonds is 3. The molecule has 2 aromatic carbocycles. The Hall–Kier alpha value is -2.00. The molecule has 0 aliphatic carbocycles. The van der Waals surface area contributed by atoms with Gasteiger partial charge in [-0.1, -0.05) is 29.8 Å². The van der Waals surface area contributed by atoms with Crippen LogP contribution in [0.25, 0.3) is 0 Å². The molecule has 0 spiro atoms. The van der Waals surface area contributed by atoms with Crippen molar-refractivity contribution in [2.45, 2.75) is 19.9 Å². The first-order chi connectivity index (χ1) is 9.47. The summed E-state index contributed by atoms with van der Waals surface area (Å²) in [5.41, 5.74) is 8.90. The van der Waals surface area contributed by atoms with Crippen LogP contribution in [0.15, 0.2) is 42.5 Å². The minimum absolute atomic E-state index is 0.119. The molecule has 0 fully saturated rings. The fraction of sp³-hybridized carbons (Fsp3) is 0.188. The number of nitrogen functional groups attached to an aromatic ring is 1. The second kappa shape index (κ2) is 5.97. The lowest BCUT2D eigenvalue weighted by atomic mass is 10.1. The van der Waals surface area contributed by atoms with E-state index in [1.807, 2.05) is 44.2 Å². The number of amides is 1. The predicted molar refractivity (Wildman–Crippen MR) is 82.9 cm³/mol. The highest BCUT2D eigenvalue weighted by molar-refractivity contribution is 6.31. The van der Waals surface area contributed by atoms with E-state index in [1.165, 1.54) is 0 Å². The zero-order valence-electron chi connectivity index (χ0n) is 11.5. The summed E-state index contributed by atoms with van der Waals surface area (Å²) in [6.07, 6.45) is 0. The number of nitrogens with two attached hydrogens (primary N) is 1. The van der Waals surface area contributed by atoms with E-state index in [1.54, 1.807) is 12.1 Å². The molecular weight excluding hydrogens is 272 g/mol. The van der Waals surface area contributed by atoms with Crippen LogP contribution < -0.4 is 11.1 Å². The van der Waals surface area contributed by atoms with E-state index in [2.05, 4.69) is 5.32 Å². The lowest BCUT2D eigenvalue weighted by Crippen LogP contribution is -2.26. The van der Waals surface area contributed by atoms with Crippen molar-refractivity contribution in [1.82, 2.24) is 5.32 Å². The molecule has 3 nitrogen and oxygen atoms in total.